The number of aromatic hydroxyl groups is 1. The van der Waals surface area contributed by atoms with Gasteiger partial charge in [-0.2, -0.15) is 5.10 Å². The minimum Gasteiger partial charge on any atom is -0.508 e. The summed E-state index contributed by atoms with van der Waals surface area (Å²) in [5.41, 5.74) is 2.37. The van der Waals surface area contributed by atoms with Gasteiger partial charge < -0.3 is 19.4 Å². The molecule has 0 saturated carbocycles. The number of aldehydes is 1. The number of phenolic OH excluding ortho intramolecular Hbond substituents is 1. The molecule has 0 aliphatic carbocycles. The Hall–Kier alpha value is -2.73. The summed E-state index contributed by atoms with van der Waals surface area (Å²) < 4.78 is 10.5. The number of hydrazone groups is 1. The maximum atomic E-state index is 11.8. The lowest BCUT2D eigenvalue weighted by Gasteiger charge is -2.23. The van der Waals surface area contributed by atoms with Crippen molar-refractivity contribution in [1.82, 2.24) is 5.01 Å². The van der Waals surface area contributed by atoms with Crippen LogP contribution in [0.5, 0.6) is 17.2 Å². The molecule has 0 amide bonds. The molecule has 1 N–H and O–H groups in total. The van der Waals surface area contributed by atoms with E-state index in [4.69, 9.17) is 21.1 Å². The fourth-order valence-electron chi connectivity index (χ4n) is 2.93. The molecule has 1 aliphatic rings. The van der Waals surface area contributed by atoms with Gasteiger partial charge in [-0.15, -0.1) is 0 Å². The highest BCUT2D eigenvalue weighted by atomic mass is 35.5. The predicted molar refractivity (Wildman–Crippen MR) is 99.3 cm³/mol. The van der Waals surface area contributed by atoms with Crippen LogP contribution in [-0.2, 0) is 4.79 Å². The van der Waals surface area contributed by atoms with E-state index in [0.717, 1.165) is 17.6 Å². The van der Waals surface area contributed by atoms with Gasteiger partial charge in [0.1, 0.15) is 18.1 Å². The highest BCUT2D eigenvalue weighted by Crippen LogP contribution is 2.38. The summed E-state index contributed by atoms with van der Waals surface area (Å²) in [6.07, 6.45) is 1.51. The topological polar surface area (TPSA) is 71.4 Å². The maximum Gasteiger partial charge on any atom is 0.162 e. The first-order valence-electron chi connectivity index (χ1n) is 8.07. The minimum absolute atomic E-state index is 0.201. The number of benzene rings is 2. The normalized spacial score (nSPS) is 14.7. The van der Waals surface area contributed by atoms with Gasteiger partial charge in [-0.3, -0.25) is 5.01 Å². The van der Waals surface area contributed by atoms with E-state index in [0.29, 0.717) is 35.1 Å². The van der Waals surface area contributed by atoms with E-state index in [1.165, 1.54) is 14.2 Å². The zero-order valence-electron chi connectivity index (χ0n) is 14.5. The molecular weight excluding hydrogens is 356 g/mol. The Balaban J connectivity index is 1.92. The molecule has 7 heteroatoms. The van der Waals surface area contributed by atoms with Gasteiger partial charge in [-0.1, -0.05) is 11.6 Å². The van der Waals surface area contributed by atoms with Crippen LogP contribution >= 0.6 is 11.6 Å². The molecule has 1 unspecified atom stereocenters. The molecule has 0 fully saturated rings. The number of phenols is 1. The first-order chi connectivity index (χ1) is 12.6. The largest absolute Gasteiger partial charge is 0.508 e. The van der Waals surface area contributed by atoms with Crippen molar-refractivity contribution in [2.24, 2.45) is 5.10 Å². The molecule has 1 aliphatic heterocycles. The Morgan fingerprint density at radius 3 is 2.46 bits per heavy atom. The van der Waals surface area contributed by atoms with E-state index in [-0.39, 0.29) is 5.75 Å². The van der Waals surface area contributed by atoms with Gasteiger partial charge in [0.25, 0.3) is 0 Å². The number of halogens is 1. The van der Waals surface area contributed by atoms with E-state index >= 15 is 0 Å². The average molecular weight is 375 g/mol. The zero-order chi connectivity index (χ0) is 18.7. The summed E-state index contributed by atoms with van der Waals surface area (Å²) in [6, 6.07) is 9.54. The van der Waals surface area contributed by atoms with Crippen molar-refractivity contribution in [2.45, 2.75) is 12.5 Å². The second kappa shape index (κ2) is 7.66. The summed E-state index contributed by atoms with van der Waals surface area (Å²) >= 11 is 6.36. The third kappa shape index (κ3) is 3.46. The van der Waals surface area contributed by atoms with E-state index < -0.39 is 6.04 Å². The van der Waals surface area contributed by atoms with E-state index in [2.05, 4.69) is 5.10 Å². The molecule has 2 aromatic carbocycles. The summed E-state index contributed by atoms with van der Waals surface area (Å²) in [6.45, 7) is 0.588. The van der Waals surface area contributed by atoms with Crippen molar-refractivity contribution in [2.75, 3.05) is 20.8 Å². The quantitative estimate of drug-likeness (QED) is 0.784. The molecule has 0 aromatic heterocycles. The Kier molecular flexibility index (Phi) is 5.32. The van der Waals surface area contributed by atoms with Gasteiger partial charge in [0.2, 0.25) is 0 Å². The monoisotopic (exact) mass is 374 g/mol. The molecule has 136 valence electrons. The van der Waals surface area contributed by atoms with Crippen molar-refractivity contribution in [3.05, 3.63) is 52.5 Å². The summed E-state index contributed by atoms with van der Waals surface area (Å²) in [5, 5.41) is 16.1. The molecule has 0 bridgehead atoms. The number of hydrogen-bond donors (Lipinski definition) is 1. The van der Waals surface area contributed by atoms with Crippen LogP contribution in [0.2, 0.25) is 5.02 Å². The number of methoxy groups -OCH3 is 2. The van der Waals surface area contributed by atoms with Crippen LogP contribution < -0.4 is 9.47 Å². The smallest absolute Gasteiger partial charge is 0.162 e. The Labute approximate surface area is 156 Å². The summed E-state index contributed by atoms with van der Waals surface area (Å²) in [5.74, 6) is 1.20. The average Bonchev–Trinajstić information content (AvgIpc) is 3.13. The molecule has 3 rings (SSSR count). The van der Waals surface area contributed by atoms with Gasteiger partial charge in [-0.25, -0.2) is 0 Å². The lowest BCUT2D eigenvalue weighted by molar-refractivity contribution is -0.112. The van der Waals surface area contributed by atoms with Crippen molar-refractivity contribution in [3.63, 3.8) is 0 Å². The van der Waals surface area contributed by atoms with Crippen LogP contribution in [0.1, 0.15) is 23.6 Å². The first kappa shape index (κ1) is 18.1. The van der Waals surface area contributed by atoms with Crippen LogP contribution in [0.3, 0.4) is 0 Å². The van der Waals surface area contributed by atoms with Gasteiger partial charge in [0.15, 0.2) is 11.5 Å². The lowest BCUT2D eigenvalue weighted by atomic mass is 10.1. The van der Waals surface area contributed by atoms with Crippen LogP contribution in [-0.4, -0.2) is 42.9 Å². The fourth-order valence-corrected chi connectivity index (χ4v) is 3.20. The standard InChI is InChI=1S/C19H19ClN2O4/c1-25-18-9-14(15(20)10-19(18)26-2)17(11-23)22-8-7-16(21-22)12-3-5-13(24)6-4-12/h3-6,9-11,17,24H,7-8H2,1-2H3. The minimum atomic E-state index is -0.628. The number of carbonyl (C=O) groups is 1. The van der Waals surface area contributed by atoms with Crippen molar-refractivity contribution < 1.29 is 19.4 Å². The van der Waals surface area contributed by atoms with Gasteiger partial charge >= 0.3 is 0 Å². The Morgan fingerprint density at radius 2 is 1.85 bits per heavy atom. The van der Waals surface area contributed by atoms with Crippen molar-refractivity contribution in [1.29, 1.82) is 0 Å². The third-order valence-corrected chi connectivity index (χ3v) is 4.63. The van der Waals surface area contributed by atoms with Crippen molar-refractivity contribution >= 4 is 23.6 Å². The highest BCUT2D eigenvalue weighted by Gasteiger charge is 2.27. The summed E-state index contributed by atoms with van der Waals surface area (Å²) in [7, 11) is 3.06. The van der Waals surface area contributed by atoms with Crippen LogP contribution in [0.25, 0.3) is 0 Å². The Bertz CT molecular complexity index is 836. The molecule has 1 heterocycles. The third-order valence-electron chi connectivity index (χ3n) is 4.30. The number of hydrogen-bond acceptors (Lipinski definition) is 6. The second-order valence-electron chi connectivity index (χ2n) is 5.82. The Morgan fingerprint density at radius 1 is 1.19 bits per heavy atom. The molecule has 0 saturated heterocycles. The van der Waals surface area contributed by atoms with Gasteiger partial charge in [-0.05, 0) is 35.9 Å². The number of rotatable bonds is 6. The van der Waals surface area contributed by atoms with Gasteiger partial charge in [0, 0.05) is 24.6 Å². The molecule has 0 spiro atoms. The van der Waals surface area contributed by atoms with Crippen LogP contribution in [0.4, 0.5) is 0 Å². The van der Waals surface area contributed by atoms with E-state index in [9.17, 15) is 9.90 Å². The molecule has 1 atom stereocenters. The van der Waals surface area contributed by atoms with E-state index in [1.54, 1.807) is 41.4 Å². The lowest BCUT2D eigenvalue weighted by Crippen LogP contribution is -2.23. The SMILES string of the molecule is COc1cc(Cl)c(C(C=O)N2CCC(c3ccc(O)cc3)=N2)cc1OC. The van der Waals surface area contributed by atoms with Crippen molar-refractivity contribution in [3.8, 4) is 17.2 Å². The predicted octanol–water partition coefficient (Wildman–Crippen LogP) is 3.41. The molecular formula is C19H19ClN2O4. The van der Waals surface area contributed by atoms with E-state index in [1.807, 2.05) is 0 Å². The molecule has 6 nitrogen and oxygen atoms in total. The zero-order valence-corrected chi connectivity index (χ0v) is 15.2. The second-order valence-corrected chi connectivity index (χ2v) is 6.22. The van der Waals surface area contributed by atoms with Crippen LogP contribution in [0.15, 0.2) is 41.5 Å². The molecule has 2 aromatic rings. The number of ether oxygens (including phenoxy) is 2. The molecule has 26 heavy (non-hydrogen) atoms. The maximum absolute atomic E-state index is 11.8. The summed E-state index contributed by atoms with van der Waals surface area (Å²) in [4.78, 5) is 11.8. The first-order valence-corrected chi connectivity index (χ1v) is 8.45. The number of nitrogens with zero attached hydrogens (tertiary/aromatic N) is 2. The number of carbonyl (C=O) groups excluding carboxylic acids is 1. The highest BCUT2D eigenvalue weighted by molar-refractivity contribution is 6.31. The van der Waals surface area contributed by atoms with Gasteiger partial charge in [0.05, 0.1) is 25.0 Å². The van der Waals surface area contributed by atoms with Crippen LogP contribution in [0, 0.1) is 0 Å². The molecule has 0 radical (unpaired) electrons. The fraction of sp³-hybridized carbons (Fsp3) is 0.263.